The Hall–Kier alpha value is -0.0400. The highest BCUT2D eigenvalue weighted by atomic mass is 16.5. The lowest BCUT2D eigenvalue weighted by Gasteiger charge is -2.09. The van der Waals surface area contributed by atoms with Crippen LogP contribution in [0.5, 0.6) is 0 Å². The summed E-state index contributed by atoms with van der Waals surface area (Å²) < 4.78 is 5.71. The van der Waals surface area contributed by atoms with Gasteiger partial charge in [0.15, 0.2) is 0 Å². The topological polar surface area (TPSA) is 9.23 Å². The molecular formula is C22H46O. The van der Waals surface area contributed by atoms with Crippen molar-refractivity contribution in [2.24, 2.45) is 0 Å². The lowest BCUT2D eigenvalue weighted by atomic mass is 10.0. The van der Waals surface area contributed by atoms with Gasteiger partial charge in [-0.25, -0.2) is 0 Å². The zero-order valence-corrected chi connectivity index (χ0v) is 16.7. The number of unbranched alkanes of at least 4 members (excludes halogenated alkanes) is 15. The fraction of sp³-hybridized carbons (Fsp3) is 1.00. The van der Waals surface area contributed by atoms with Crippen LogP contribution in [0, 0.1) is 0 Å². The van der Waals surface area contributed by atoms with E-state index in [1.807, 2.05) is 0 Å². The number of hydrogen-bond donors (Lipinski definition) is 0. The van der Waals surface area contributed by atoms with Crippen molar-refractivity contribution in [2.75, 3.05) is 6.61 Å². The zero-order valence-electron chi connectivity index (χ0n) is 16.7. The lowest BCUT2D eigenvalue weighted by Crippen LogP contribution is -2.07. The largest absolute Gasteiger partial charge is 0.379 e. The quantitative estimate of drug-likeness (QED) is 0.218. The van der Waals surface area contributed by atoms with Crippen LogP contribution < -0.4 is 0 Å². The minimum atomic E-state index is 0.450. The molecule has 0 rings (SSSR count). The Morgan fingerprint density at radius 1 is 0.522 bits per heavy atom. The van der Waals surface area contributed by atoms with Crippen LogP contribution in [0.4, 0.5) is 0 Å². The Morgan fingerprint density at radius 2 is 0.870 bits per heavy atom. The van der Waals surface area contributed by atoms with Crippen LogP contribution in [0.15, 0.2) is 0 Å². The summed E-state index contributed by atoms with van der Waals surface area (Å²) in [7, 11) is 0. The molecule has 1 heteroatoms. The van der Waals surface area contributed by atoms with Gasteiger partial charge in [0.2, 0.25) is 0 Å². The summed E-state index contributed by atoms with van der Waals surface area (Å²) >= 11 is 0. The van der Waals surface area contributed by atoms with E-state index in [1.165, 1.54) is 103 Å². The van der Waals surface area contributed by atoms with Gasteiger partial charge in [-0.05, 0) is 19.8 Å². The van der Waals surface area contributed by atoms with Crippen LogP contribution in [-0.4, -0.2) is 12.7 Å². The van der Waals surface area contributed by atoms with Crippen molar-refractivity contribution in [1.82, 2.24) is 0 Å². The molecule has 0 aromatic heterocycles. The van der Waals surface area contributed by atoms with Gasteiger partial charge in [-0.3, -0.25) is 0 Å². The standard InChI is InChI=1S/C22H46O/c1-4-6-7-8-9-10-11-12-13-14-15-16-17-18-19-20-21-23-22(3)5-2/h22H,4-21H2,1-3H3. The first-order valence-corrected chi connectivity index (χ1v) is 10.9. The number of hydrogen-bond acceptors (Lipinski definition) is 1. The van der Waals surface area contributed by atoms with Gasteiger partial charge >= 0.3 is 0 Å². The van der Waals surface area contributed by atoms with Crippen molar-refractivity contribution in [3.05, 3.63) is 0 Å². The van der Waals surface area contributed by atoms with Crippen molar-refractivity contribution >= 4 is 0 Å². The Morgan fingerprint density at radius 3 is 1.22 bits per heavy atom. The third-order valence-electron chi connectivity index (χ3n) is 4.98. The number of ether oxygens (including phenoxy) is 1. The highest BCUT2D eigenvalue weighted by molar-refractivity contribution is 4.50. The second kappa shape index (κ2) is 20.0. The molecule has 0 aliphatic carbocycles. The second-order valence-electron chi connectivity index (χ2n) is 7.39. The van der Waals surface area contributed by atoms with E-state index >= 15 is 0 Å². The first-order chi connectivity index (χ1) is 11.3. The smallest absolute Gasteiger partial charge is 0.0544 e. The van der Waals surface area contributed by atoms with E-state index in [-0.39, 0.29) is 0 Å². The molecule has 0 saturated carbocycles. The molecule has 0 aromatic carbocycles. The molecule has 0 fully saturated rings. The van der Waals surface area contributed by atoms with E-state index in [0.717, 1.165) is 13.0 Å². The summed E-state index contributed by atoms with van der Waals surface area (Å²) in [5, 5.41) is 0. The molecule has 0 aliphatic heterocycles. The van der Waals surface area contributed by atoms with Gasteiger partial charge in [0.25, 0.3) is 0 Å². The van der Waals surface area contributed by atoms with Gasteiger partial charge in [0, 0.05) is 6.61 Å². The monoisotopic (exact) mass is 326 g/mol. The van der Waals surface area contributed by atoms with Crippen LogP contribution in [0.1, 0.15) is 130 Å². The molecule has 0 radical (unpaired) electrons. The summed E-state index contributed by atoms with van der Waals surface area (Å²) in [6.07, 6.45) is 24.5. The van der Waals surface area contributed by atoms with Gasteiger partial charge in [-0.15, -0.1) is 0 Å². The predicted octanol–water partition coefficient (Wildman–Crippen LogP) is 8.06. The van der Waals surface area contributed by atoms with Crippen LogP contribution in [0.3, 0.4) is 0 Å². The van der Waals surface area contributed by atoms with Crippen LogP contribution >= 0.6 is 0 Å². The third-order valence-corrected chi connectivity index (χ3v) is 4.98. The Labute approximate surface area is 148 Å². The van der Waals surface area contributed by atoms with Gasteiger partial charge in [0.1, 0.15) is 0 Å². The molecule has 0 aromatic rings. The molecule has 0 bridgehead atoms. The molecule has 0 aliphatic rings. The highest BCUT2D eigenvalue weighted by Crippen LogP contribution is 2.13. The summed E-state index contributed by atoms with van der Waals surface area (Å²) in [6.45, 7) is 7.63. The number of rotatable bonds is 19. The van der Waals surface area contributed by atoms with Crippen molar-refractivity contribution in [2.45, 2.75) is 136 Å². The molecule has 1 atom stereocenters. The van der Waals surface area contributed by atoms with E-state index in [2.05, 4.69) is 20.8 Å². The third kappa shape index (κ3) is 19.9. The SMILES string of the molecule is CCCCCCCCCCCCCCCCCCOC(C)CC. The Balaban J connectivity index is 2.97. The Kier molecular flexibility index (Phi) is 20.0. The molecule has 0 saturated heterocycles. The van der Waals surface area contributed by atoms with E-state index < -0.39 is 0 Å². The van der Waals surface area contributed by atoms with Gasteiger partial charge < -0.3 is 4.74 Å². The lowest BCUT2D eigenvalue weighted by molar-refractivity contribution is 0.0608. The van der Waals surface area contributed by atoms with Crippen molar-refractivity contribution < 1.29 is 4.74 Å². The molecule has 0 amide bonds. The molecule has 0 N–H and O–H groups in total. The first kappa shape index (κ1) is 23.0. The van der Waals surface area contributed by atoms with Crippen molar-refractivity contribution in [3.8, 4) is 0 Å². The normalized spacial score (nSPS) is 12.7. The second-order valence-corrected chi connectivity index (χ2v) is 7.39. The maximum Gasteiger partial charge on any atom is 0.0544 e. The van der Waals surface area contributed by atoms with Gasteiger partial charge in [0.05, 0.1) is 6.10 Å². The molecule has 0 heterocycles. The van der Waals surface area contributed by atoms with E-state index in [1.54, 1.807) is 0 Å². The van der Waals surface area contributed by atoms with Crippen LogP contribution in [0.2, 0.25) is 0 Å². The predicted molar refractivity (Wildman–Crippen MR) is 105 cm³/mol. The summed E-state index contributed by atoms with van der Waals surface area (Å²) in [5.74, 6) is 0. The molecule has 0 spiro atoms. The molecule has 23 heavy (non-hydrogen) atoms. The minimum absolute atomic E-state index is 0.450. The van der Waals surface area contributed by atoms with Crippen LogP contribution in [0.25, 0.3) is 0 Å². The average Bonchev–Trinajstić information content (AvgIpc) is 2.57. The molecule has 1 nitrogen and oxygen atoms in total. The highest BCUT2D eigenvalue weighted by Gasteiger charge is 1.98. The average molecular weight is 327 g/mol. The Bertz CT molecular complexity index is 202. The summed E-state index contributed by atoms with van der Waals surface area (Å²) in [6, 6.07) is 0. The van der Waals surface area contributed by atoms with Crippen molar-refractivity contribution in [1.29, 1.82) is 0 Å². The molecular weight excluding hydrogens is 280 g/mol. The fourth-order valence-electron chi connectivity index (χ4n) is 3.05. The van der Waals surface area contributed by atoms with Gasteiger partial charge in [-0.1, -0.05) is 110 Å². The van der Waals surface area contributed by atoms with E-state index in [0.29, 0.717) is 6.10 Å². The van der Waals surface area contributed by atoms with E-state index in [4.69, 9.17) is 4.74 Å². The molecule has 1 unspecified atom stereocenters. The molecule has 140 valence electrons. The maximum absolute atomic E-state index is 5.71. The van der Waals surface area contributed by atoms with Gasteiger partial charge in [-0.2, -0.15) is 0 Å². The van der Waals surface area contributed by atoms with E-state index in [9.17, 15) is 0 Å². The fourth-order valence-corrected chi connectivity index (χ4v) is 3.05. The maximum atomic E-state index is 5.71. The summed E-state index contributed by atoms with van der Waals surface area (Å²) in [4.78, 5) is 0. The zero-order chi connectivity index (χ0) is 17.0. The van der Waals surface area contributed by atoms with Crippen molar-refractivity contribution in [3.63, 3.8) is 0 Å². The van der Waals surface area contributed by atoms with Crippen LogP contribution in [-0.2, 0) is 4.74 Å². The summed E-state index contributed by atoms with van der Waals surface area (Å²) in [5.41, 5.74) is 0. The minimum Gasteiger partial charge on any atom is -0.379 e. The first-order valence-electron chi connectivity index (χ1n) is 10.9.